The van der Waals surface area contributed by atoms with Crippen LogP contribution in [-0.2, 0) is 7.05 Å². The van der Waals surface area contributed by atoms with Crippen molar-refractivity contribution in [2.45, 2.75) is 18.9 Å². The molecule has 1 aliphatic rings. The molecule has 0 radical (unpaired) electrons. The molecule has 16 heavy (non-hydrogen) atoms. The Bertz CT molecular complexity index is 428. The van der Waals surface area contributed by atoms with Gasteiger partial charge in [-0.2, -0.15) is 0 Å². The topological polar surface area (TPSA) is 64.2 Å². The molecule has 1 aliphatic heterocycles. The molecule has 1 atom stereocenters. The van der Waals surface area contributed by atoms with Gasteiger partial charge in [-0.3, -0.25) is 4.79 Å². The highest BCUT2D eigenvalue weighted by Crippen LogP contribution is 2.19. The molecule has 0 bridgehead atoms. The van der Waals surface area contributed by atoms with Crippen molar-refractivity contribution in [2.75, 3.05) is 6.54 Å². The molecule has 1 unspecified atom stereocenters. The number of carbonyl (C=O) groups excluding carboxylic acids is 1. The van der Waals surface area contributed by atoms with Crippen LogP contribution in [0.3, 0.4) is 0 Å². The largest absolute Gasteiger partial charge is 0.392 e. The molecule has 0 spiro atoms. The average Bonchev–Trinajstić information content (AvgIpc) is 2.84. The number of rotatable bonds is 2. The number of hydrogen-bond donors (Lipinski definition) is 1. The summed E-state index contributed by atoms with van der Waals surface area (Å²) in [5.41, 5.74) is 6.07. The number of aryl methyl sites for hydroxylation is 1. The molecule has 2 rings (SSSR count). The fourth-order valence-electron chi connectivity index (χ4n) is 1.98. The zero-order valence-corrected chi connectivity index (χ0v) is 9.91. The summed E-state index contributed by atoms with van der Waals surface area (Å²) in [6, 6.07) is -0.107. The van der Waals surface area contributed by atoms with Gasteiger partial charge in [0.05, 0.1) is 17.4 Å². The number of nitrogens with two attached hydrogens (primary N) is 1. The third-order valence-corrected chi connectivity index (χ3v) is 3.04. The van der Waals surface area contributed by atoms with Gasteiger partial charge in [0.15, 0.2) is 0 Å². The van der Waals surface area contributed by atoms with E-state index in [-0.39, 0.29) is 11.9 Å². The van der Waals surface area contributed by atoms with Crippen LogP contribution in [0.4, 0.5) is 0 Å². The molecule has 1 fully saturated rings. The Morgan fingerprint density at radius 2 is 2.44 bits per heavy atom. The third kappa shape index (κ3) is 1.92. The second-order valence-corrected chi connectivity index (χ2v) is 4.45. The molecule has 86 valence electrons. The van der Waals surface area contributed by atoms with Crippen LogP contribution in [0, 0.1) is 0 Å². The van der Waals surface area contributed by atoms with Gasteiger partial charge in [-0.25, -0.2) is 4.98 Å². The highest BCUT2D eigenvalue weighted by molar-refractivity contribution is 7.80. The number of aromatic nitrogens is 2. The summed E-state index contributed by atoms with van der Waals surface area (Å²) >= 11 is 4.97. The summed E-state index contributed by atoms with van der Waals surface area (Å²) in [7, 11) is 1.83. The van der Waals surface area contributed by atoms with Crippen molar-refractivity contribution in [1.29, 1.82) is 0 Å². The van der Waals surface area contributed by atoms with E-state index in [2.05, 4.69) is 4.98 Å². The molecule has 1 amide bonds. The van der Waals surface area contributed by atoms with Gasteiger partial charge in [-0.05, 0) is 12.8 Å². The van der Waals surface area contributed by atoms with Crippen molar-refractivity contribution in [3.8, 4) is 0 Å². The fourth-order valence-corrected chi connectivity index (χ4v) is 2.22. The standard InChI is InChI=1S/C10H14N4OS/c1-13-5-7(12-6-13)10(15)14-4-2-3-8(14)9(11)16/h5-6,8H,2-4H2,1H3,(H2,11,16). The molecule has 1 saturated heterocycles. The Balaban J connectivity index is 2.18. The number of nitrogens with zero attached hydrogens (tertiary/aromatic N) is 3. The quantitative estimate of drug-likeness (QED) is 0.753. The molecular formula is C10H14N4OS. The summed E-state index contributed by atoms with van der Waals surface area (Å²) in [5.74, 6) is -0.0871. The second kappa shape index (κ2) is 4.21. The maximum absolute atomic E-state index is 12.1. The number of carbonyl (C=O) groups is 1. The van der Waals surface area contributed by atoms with Crippen molar-refractivity contribution < 1.29 is 4.79 Å². The molecule has 6 heteroatoms. The first-order chi connectivity index (χ1) is 7.59. The highest BCUT2D eigenvalue weighted by Gasteiger charge is 2.31. The predicted octanol–water partition coefficient (Wildman–Crippen LogP) is 0.311. The molecule has 2 N–H and O–H groups in total. The average molecular weight is 238 g/mol. The first-order valence-corrected chi connectivity index (χ1v) is 5.58. The van der Waals surface area contributed by atoms with Crippen molar-refractivity contribution in [2.24, 2.45) is 12.8 Å². The van der Waals surface area contributed by atoms with E-state index in [9.17, 15) is 4.79 Å². The maximum Gasteiger partial charge on any atom is 0.274 e. The lowest BCUT2D eigenvalue weighted by Gasteiger charge is -2.22. The summed E-state index contributed by atoms with van der Waals surface area (Å²) in [5, 5.41) is 0. The van der Waals surface area contributed by atoms with Crippen LogP contribution in [0.5, 0.6) is 0 Å². The van der Waals surface area contributed by atoms with Crippen LogP contribution in [0.1, 0.15) is 23.3 Å². The van der Waals surface area contributed by atoms with E-state index in [0.29, 0.717) is 17.2 Å². The lowest BCUT2D eigenvalue weighted by molar-refractivity contribution is 0.0765. The summed E-state index contributed by atoms with van der Waals surface area (Å²) in [4.78, 5) is 18.3. The molecule has 5 nitrogen and oxygen atoms in total. The Labute approximate surface area is 99.2 Å². The number of thiocarbonyl (C=S) groups is 1. The van der Waals surface area contributed by atoms with E-state index in [1.54, 1.807) is 22.0 Å². The van der Waals surface area contributed by atoms with Crippen LogP contribution < -0.4 is 5.73 Å². The van der Waals surface area contributed by atoms with Crippen molar-refractivity contribution in [3.05, 3.63) is 18.2 Å². The van der Waals surface area contributed by atoms with Crippen LogP contribution in [0.15, 0.2) is 12.5 Å². The Kier molecular flexibility index (Phi) is 2.91. The van der Waals surface area contributed by atoms with Gasteiger partial charge in [0.2, 0.25) is 0 Å². The van der Waals surface area contributed by atoms with Crippen LogP contribution in [-0.4, -0.2) is 37.9 Å². The minimum Gasteiger partial charge on any atom is -0.392 e. The van der Waals surface area contributed by atoms with Crippen molar-refractivity contribution in [1.82, 2.24) is 14.5 Å². The zero-order chi connectivity index (χ0) is 11.7. The Morgan fingerprint density at radius 3 is 3.00 bits per heavy atom. The molecular weight excluding hydrogens is 224 g/mol. The van der Waals surface area contributed by atoms with Gasteiger partial charge in [-0.1, -0.05) is 12.2 Å². The number of amides is 1. The minimum absolute atomic E-state index is 0.0871. The van der Waals surface area contributed by atoms with Crippen LogP contribution in [0.2, 0.25) is 0 Å². The Hall–Kier alpha value is -1.43. The van der Waals surface area contributed by atoms with E-state index >= 15 is 0 Å². The van der Waals surface area contributed by atoms with Gasteiger partial charge in [0, 0.05) is 19.8 Å². The van der Waals surface area contributed by atoms with Gasteiger partial charge in [-0.15, -0.1) is 0 Å². The second-order valence-electron chi connectivity index (χ2n) is 3.98. The van der Waals surface area contributed by atoms with Crippen molar-refractivity contribution in [3.63, 3.8) is 0 Å². The normalized spacial score (nSPS) is 20.1. The lowest BCUT2D eigenvalue weighted by atomic mass is 10.2. The van der Waals surface area contributed by atoms with Gasteiger partial charge < -0.3 is 15.2 Å². The summed E-state index contributed by atoms with van der Waals surface area (Å²) in [6.45, 7) is 0.706. The molecule has 1 aromatic heterocycles. The first kappa shape index (κ1) is 11.1. The number of imidazole rings is 1. The van der Waals surface area contributed by atoms with Gasteiger partial charge in [0.25, 0.3) is 5.91 Å². The predicted molar refractivity (Wildman–Crippen MR) is 64.1 cm³/mol. The van der Waals surface area contributed by atoms with Crippen LogP contribution >= 0.6 is 12.2 Å². The summed E-state index contributed by atoms with van der Waals surface area (Å²) < 4.78 is 1.75. The van der Waals surface area contributed by atoms with E-state index in [4.69, 9.17) is 18.0 Å². The Morgan fingerprint density at radius 1 is 1.69 bits per heavy atom. The van der Waals surface area contributed by atoms with Gasteiger partial charge >= 0.3 is 0 Å². The summed E-state index contributed by atoms with van der Waals surface area (Å²) in [6.07, 6.45) is 5.12. The molecule has 0 aromatic carbocycles. The van der Waals surface area contributed by atoms with E-state index in [0.717, 1.165) is 12.8 Å². The fraction of sp³-hybridized carbons (Fsp3) is 0.500. The van der Waals surface area contributed by atoms with E-state index < -0.39 is 0 Å². The van der Waals surface area contributed by atoms with E-state index in [1.807, 2.05) is 7.05 Å². The third-order valence-electron chi connectivity index (χ3n) is 2.77. The molecule has 1 aromatic rings. The van der Waals surface area contributed by atoms with Crippen LogP contribution in [0.25, 0.3) is 0 Å². The van der Waals surface area contributed by atoms with Gasteiger partial charge in [0.1, 0.15) is 5.69 Å². The molecule has 2 heterocycles. The molecule has 0 saturated carbocycles. The SMILES string of the molecule is Cn1cnc(C(=O)N2CCCC2C(N)=S)c1. The minimum atomic E-state index is -0.107. The zero-order valence-electron chi connectivity index (χ0n) is 9.09. The number of likely N-dealkylation sites (tertiary alicyclic amines) is 1. The van der Waals surface area contributed by atoms with E-state index in [1.165, 1.54) is 0 Å². The lowest BCUT2D eigenvalue weighted by Crippen LogP contribution is -2.42. The number of hydrogen-bond acceptors (Lipinski definition) is 3. The first-order valence-electron chi connectivity index (χ1n) is 5.18. The van der Waals surface area contributed by atoms with Crippen molar-refractivity contribution >= 4 is 23.1 Å². The maximum atomic E-state index is 12.1. The monoisotopic (exact) mass is 238 g/mol. The molecule has 0 aliphatic carbocycles. The smallest absolute Gasteiger partial charge is 0.274 e. The highest BCUT2D eigenvalue weighted by atomic mass is 32.1.